The standard InChI is InChI=1S/C15H13NO3/c17-15(18)19-11-5-3-4-10(8-11)13-9-16-14-7-2-1-6-12(13)14/h1-8,13,16H,9H2,(H,17,18). The van der Waals surface area contributed by atoms with Crippen molar-refractivity contribution in [1.29, 1.82) is 0 Å². The number of ether oxygens (including phenoxy) is 1. The van der Waals surface area contributed by atoms with Crippen molar-refractivity contribution >= 4 is 11.8 Å². The van der Waals surface area contributed by atoms with E-state index in [0.29, 0.717) is 5.75 Å². The van der Waals surface area contributed by atoms with Crippen LogP contribution in [0.3, 0.4) is 0 Å². The first-order chi connectivity index (χ1) is 9.24. The zero-order valence-electron chi connectivity index (χ0n) is 10.2. The molecule has 2 aromatic carbocycles. The number of carboxylic acid groups (broad SMARTS) is 1. The molecule has 4 nitrogen and oxygen atoms in total. The summed E-state index contributed by atoms with van der Waals surface area (Å²) in [6, 6.07) is 15.4. The molecule has 0 fully saturated rings. The van der Waals surface area contributed by atoms with Crippen LogP contribution in [-0.2, 0) is 0 Å². The fourth-order valence-corrected chi connectivity index (χ4v) is 2.48. The summed E-state index contributed by atoms with van der Waals surface area (Å²) in [6.45, 7) is 0.815. The van der Waals surface area contributed by atoms with E-state index in [1.165, 1.54) is 5.56 Å². The summed E-state index contributed by atoms with van der Waals surface area (Å²) >= 11 is 0. The van der Waals surface area contributed by atoms with Crippen molar-refractivity contribution in [2.24, 2.45) is 0 Å². The molecule has 2 aromatic rings. The molecule has 0 aliphatic carbocycles. The molecule has 4 heteroatoms. The molecule has 2 N–H and O–H groups in total. The van der Waals surface area contributed by atoms with Crippen molar-refractivity contribution in [3.63, 3.8) is 0 Å². The normalized spacial score (nSPS) is 16.5. The SMILES string of the molecule is O=C(O)Oc1cccc(C2CNc3ccccc32)c1. The first-order valence-electron chi connectivity index (χ1n) is 6.07. The van der Waals surface area contributed by atoms with E-state index < -0.39 is 6.16 Å². The molecule has 1 heterocycles. The van der Waals surface area contributed by atoms with Crippen LogP contribution in [0.2, 0.25) is 0 Å². The average Bonchev–Trinajstić information content (AvgIpc) is 2.82. The van der Waals surface area contributed by atoms with E-state index in [-0.39, 0.29) is 5.92 Å². The summed E-state index contributed by atoms with van der Waals surface area (Å²) < 4.78 is 4.70. The number of benzene rings is 2. The van der Waals surface area contributed by atoms with Crippen molar-refractivity contribution < 1.29 is 14.6 Å². The summed E-state index contributed by atoms with van der Waals surface area (Å²) in [5.41, 5.74) is 3.42. The predicted molar refractivity (Wildman–Crippen MR) is 71.9 cm³/mol. The van der Waals surface area contributed by atoms with Gasteiger partial charge in [0.15, 0.2) is 0 Å². The molecular weight excluding hydrogens is 242 g/mol. The Balaban J connectivity index is 1.93. The second-order valence-electron chi connectivity index (χ2n) is 4.46. The van der Waals surface area contributed by atoms with E-state index in [4.69, 9.17) is 9.84 Å². The number of carbonyl (C=O) groups is 1. The molecule has 3 rings (SSSR count). The van der Waals surface area contributed by atoms with Crippen LogP contribution in [0, 0.1) is 0 Å². The molecule has 0 bridgehead atoms. The van der Waals surface area contributed by atoms with Crippen LogP contribution in [0.15, 0.2) is 48.5 Å². The van der Waals surface area contributed by atoms with Crippen LogP contribution < -0.4 is 10.1 Å². The highest BCUT2D eigenvalue weighted by molar-refractivity contribution is 5.63. The number of nitrogens with one attached hydrogen (secondary N) is 1. The zero-order valence-corrected chi connectivity index (χ0v) is 10.2. The predicted octanol–water partition coefficient (Wildman–Crippen LogP) is 3.30. The minimum atomic E-state index is -1.29. The number of para-hydroxylation sites is 1. The first kappa shape index (κ1) is 11.6. The van der Waals surface area contributed by atoms with E-state index in [0.717, 1.165) is 17.8 Å². The number of rotatable bonds is 2. The molecule has 1 unspecified atom stereocenters. The molecule has 96 valence electrons. The first-order valence-corrected chi connectivity index (χ1v) is 6.07. The van der Waals surface area contributed by atoms with Crippen LogP contribution in [0.4, 0.5) is 10.5 Å². The highest BCUT2D eigenvalue weighted by atomic mass is 16.7. The van der Waals surface area contributed by atoms with Gasteiger partial charge in [-0.2, -0.15) is 0 Å². The third-order valence-corrected chi connectivity index (χ3v) is 3.30. The molecule has 0 aromatic heterocycles. The van der Waals surface area contributed by atoms with Crippen molar-refractivity contribution in [2.75, 3.05) is 11.9 Å². The topological polar surface area (TPSA) is 58.6 Å². The van der Waals surface area contributed by atoms with Gasteiger partial charge in [-0.1, -0.05) is 30.3 Å². The van der Waals surface area contributed by atoms with E-state index in [1.807, 2.05) is 30.3 Å². The molecule has 1 aliphatic heterocycles. The van der Waals surface area contributed by atoms with E-state index in [9.17, 15) is 4.79 Å². The lowest BCUT2D eigenvalue weighted by Crippen LogP contribution is -2.06. The Morgan fingerprint density at radius 1 is 1.21 bits per heavy atom. The average molecular weight is 255 g/mol. The molecule has 0 radical (unpaired) electrons. The van der Waals surface area contributed by atoms with Gasteiger partial charge >= 0.3 is 6.16 Å². The van der Waals surface area contributed by atoms with Crippen molar-refractivity contribution in [1.82, 2.24) is 0 Å². The number of fused-ring (bicyclic) bond motifs is 1. The minimum absolute atomic E-state index is 0.230. The van der Waals surface area contributed by atoms with Crippen LogP contribution in [0.25, 0.3) is 0 Å². The van der Waals surface area contributed by atoms with Gasteiger partial charge in [0, 0.05) is 18.2 Å². The molecule has 0 amide bonds. The zero-order chi connectivity index (χ0) is 13.2. The van der Waals surface area contributed by atoms with Gasteiger partial charge in [0.25, 0.3) is 0 Å². The Hall–Kier alpha value is -2.49. The molecule has 1 atom stereocenters. The quantitative estimate of drug-likeness (QED) is 0.638. The summed E-state index contributed by atoms with van der Waals surface area (Å²) in [7, 11) is 0. The van der Waals surface area contributed by atoms with Gasteiger partial charge in [0.1, 0.15) is 5.75 Å². The van der Waals surface area contributed by atoms with Gasteiger partial charge in [0.2, 0.25) is 0 Å². The maximum atomic E-state index is 10.6. The summed E-state index contributed by atoms with van der Waals surface area (Å²) in [4.78, 5) is 10.6. The van der Waals surface area contributed by atoms with Crippen LogP contribution in [-0.4, -0.2) is 17.8 Å². The molecule has 0 saturated carbocycles. The highest BCUT2D eigenvalue weighted by Gasteiger charge is 2.23. The molecule has 0 saturated heterocycles. The van der Waals surface area contributed by atoms with Gasteiger partial charge in [0.05, 0.1) is 0 Å². The van der Waals surface area contributed by atoms with Gasteiger partial charge in [-0.05, 0) is 29.3 Å². The van der Waals surface area contributed by atoms with Crippen LogP contribution >= 0.6 is 0 Å². The van der Waals surface area contributed by atoms with E-state index in [2.05, 4.69) is 11.4 Å². The molecule has 19 heavy (non-hydrogen) atoms. The summed E-state index contributed by atoms with van der Waals surface area (Å²) in [5.74, 6) is 0.586. The number of anilines is 1. The smallest absolute Gasteiger partial charge is 0.449 e. The lowest BCUT2D eigenvalue weighted by Gasteiger charge is -2.11. The Morgan fingerprint density at radius 3 is 2.89 bits per heavy atom. The monoisotopic (exact) mass is 255 g/mol. The maximum absolute atomic E-state index is 10.6. The molecular formula is C15H13NO3. The fraction of sp³-hybridized carbons (Fsp3) is 0.133. The van der Waals surface area contributed by atoms with Gasteiger partial charge in [-0.15, -0.1) is 0 Å². The fourth-order valence-electron chi connectivity index (χ4n) is 2.48. The lowest BCUT2D eigenvalue weighted by atomic mass is 9.93. The van der Waals surface area contributed by atoms with Gasteiger partial charge < -0.3 is 15.2 Å². The van der Waals surface area contributed by atoms with Crippen molar-refractivity contribution in [3.05, 3.63) is 59.7 Å². The Morgan fingerprint density at radius 2 is 2.05 bits per heavy atom. The summed E-state index contributed by atoms with van der Waals surface area (Å²) in [5, 5.41) is 12.0. The number of hydrogen-bond donors (Lipinski definition) is 2. The van der Waals surface area contributed by atoms with Crippen LogP contribution in [0.5, 0.6) is 5.75 Å². The third-order valence-electron chi connectivity index (χ3n) is 3.30. The lowest BCUT2D eigenvalue weighted by molar-refractivity contribution is 0.144. The Labute approximate surface area is 110 Å². The van der Waals surface area contributed by atoms with Gasteiger partial charge in [-0.3, -0.25) is 0 Å². The second kappa shape index (κ2) is 4.65. The van der Waals surface area contributed by atoms with Gasteiger partial charge in [-0.25, -0.2) is 4.79 Å². The third kappa shape index (κ3) is 2.25. The largest absolute Gasteiger partial charge is 0.511 e. The van der Waals surface area contributed by atoms with Crippen molar-refractivity contribution in [2.45, 2.75) is 5.92 Å². The van der Waals surface area contributed by atoms with E-state index >= 15 is 0 Å². The number of hydrogen-bond acceptors (Lipinski definition) is 3. The second-order valence-corrected chi connectivity index (χ2v) is 4.46. The van der Waals surface area contributed by atoms with E-state index in [1.54, 1.807) is 12.1 Å². The Bertz CT molecular complexity index is 624. The summed E-state index contributed by atoms with van der Waals surface area (Å²) in [6.07, 6.45) is -1.29. The highest BCUT2D eigenvalue weighted by Crippen LogP contribution is 2.36. The van der Waals surface area contributed by atoms with Crippen molar-refractivity contribution in [3.8, 4) is 5.75 Å². The van der Waals surface area contributed by atoms with Crippen LogP contribution in [0.1, 0.15) is 17.0 Å². The Kier molecular flexibility index (Phi) is 2.83. The minimum Gasteiger partial charge on any atom is -0.449 e. The molecule has 0 spiro atoms. The molecule has 1 aliphatic rings. The maximum Gasteiger partial charge on any atom is 0.511 e.